The third-order valence-corrected chi connectivity index (χ3v) is 14.6. The van der Waals surface area contributed by atoms with Crippen molar-refractivity contribution in [3.05, 3.63) is 96.1 Å². The average molecular weight is 1240 g/mol. The van der Waals surface area contributed by atoms with Crippen LogP contribution in [0, 0.1) is 0 Å². The predicted octanol–water partition coefficient (Wildman–Crippen LogP) is -2.47. The van der Waals surface area contributed by atoms with Gasteiger partial charge < -0.3 is 139 Å². The Morgan fingerprint density at radius 1 is 0.511 bits per heavy atom. The maximum Gasteiger partial charge on any atom is 0.402 e. The molecule has 0 amide bonds. The Balaban J connectivity index is 0.812. The number of phenols is 6. The number of esters is 2. The maximum atomic E-state index is 13.1. The van der Waals surface area contributed by atoms with Crippen LogP contribution in [0.3, 0.4) is 0 Å². The molecule has 4 aromatic carbocycles. The van der Waals surface area contributed by atoms with Crippen LogP contribution in [-0.2, 0) is 42.7 Å². The first-order chi connectivity index (χ1) is 41.8. The minimum Gasteiger partial charge on any atom is -0.507 e. The number of carbonyl (C=O) groups is 2. The van der Waals surface area contributed by atoms with Gasteiger partial charge in [-0.2, -0.15) is 0 Å². The second kappa shape index (κ2) is 27.3. The normalized spacial score (nSPS) is 32.6. The Labute approximate surface area is 495 Å². The number of aliphatic hydroxyl groups is 12. The molecule has 0 unspecified atom stereocenters. The van der Waals surface area contributed by atoms with Crippen molar-refractivity contribution in [3.8, 4) is 63.1 Å². The maximum absolute atomic E-state index is 13.1. The summed E-state index contributed by atoms with van der Waals surface area (Å²) in [6.07, 6.45) is -30.3. The van der Waals surface area contributed by atoms with Crippen LogP contribution in [0.15, 0.2) is 89.4 Å². The Morgan fingerprint density at radius 3 is 1.66 bits per heavy atom. The summed E-state index contributed by atoms with van der Waals surface area (Å²) < 4.78 is 62.6. The second-order valence-corrected chi connectivity index (χ2v) is 20.8. The van der Waals surface area contributed by atoms with E-state index < -0.39 is 195 Å². The molecular weight excluding hydrogens is 1180 g/mol. The predicted molar refractivity (Wildman–Crippen MR) is 289 cm³/mol. The largest absolute Gasteiger partial charge is 0.507 e. The van der Waals surface area contributed by atoms with Crippen molar-refractivity contribution in [1.29, 1.82) is 0 Å². The zero-order valence-electron chi connectivity index (χ0n) is 45.8. The number of phenolic OH excluding ortho intramolecular Hbond substituents is 6. The Morgan fingerprint density at radius 2 is 1.05 bits per heavy atom. The van der Waals surface area contributed by atoms with E-state index in [4.69, 9.17) is 51.8 Å². The first-order valence-electron chi connectivity index (χ1n) is 26.9. The highest BCUT2D eigenvalue weighted by molar-refractivity contribution is 5.90. The molecule has 31 heteroatoms. The SMILES string of the molecule is C[C@@H]1O[C@@H](OC[C@H]2O[C@@H](Oc3cc4c(O[C@@H]5O[C@H](CO)[C@@H](O)[C@H](O)[C@H]5O)cc(O)cc4[o+]c3-c3cc(O)c(O)c(O)c3)[C@H](O)[C@@H](O)[C@@H]2O)[C@H](O)[C@H](O)[C@H]1OC(=O)/C=C/c1ccc(O[C@@H]2O[C@H](COC(=O)C=Cc3ccc(O)c(O)c3)[C@@H](O)[C@H](O)[C@H]2O)cc1. The molecule has 0 spiro atoms. The van der Waals surface area contributed by atoms with E-state index in [0.717, 1.165) is 42.5 Å². The van der Waals surface area contributed by atoms with E-state index in [-0.39, 0.29) is 33.8 Å². The molecule has 4 saturated heterocycles. The Bertz CT molecular complexity index is 3300. The number of fused-ring (bicyclic) bond motifs is 1. The number of aliphatic hydroxyl groups excluding tert-OH is 12. The molecule has 4 fully saturated rings. The summed E-state index contributed by atoms with van der Waals surface area (Å²) in [5.41, 5.74) is 0.285. The van der Waals surface area contributed by atoms with Crippen LogP contribution in [-0.4, -0.2) is 247 Å². The molecule has 20 atom stereocenters. The lowest BCUT2D eigenvalue weighted by atomic mass is 9.98. The first-order valence-corrected chi connectivity index (χ1v) is 26.9. The van der Waals surface area contributed by atoms with Gasteiger partial charge in [-0.15, -0.1) is 0 Å². The quantitative estimate of drug-likeness (QED) is 0.0187. The molecule has 0 aliphatic carbocycles. The fraction of sp³-hybridized carbons (Fsp3) is 0.421. The lowest BCUT2D eigenvalue weighted by Crippen LogP contribution is -2.62. The van der Waals surface area contributed by atoms with Gasteiger partial charge in [0.15, 0.2) is 41.1 Å². The minimum absolute atomic E-state index is 0.0875. The smallest absolute Gasteiger partial charge is 0.402 e. The topological polar surface area (TPSA) is 502 Å². The molecule has 476 valence electrons. The van der Waals surface area contributed by atoms with E-state index in [2.05, 4.69) is 0 Å². The first kappa shape index (κ1) is 64.7. The van der Waals surface area contributed by atoms with Gasteiger partial charge in [0.25, 0.3) is 0 Å². The standard InChI is InChI=1S/C57H62O31/c1-21-52(88-39(65)11-5-22-2-7-26(8-3-22)81-55-48(74)45(71)42(68)36(86-55)19-78-38(64)10-6-23-4-9-28(60)29(61)12-23)47(73)51(77)54(80-21)79-20-37-43(69)46(72)50(76)57(87-37)84-34-17-27-32(82-53(34)24-13-30(62)40(66)31(63)14-24)15-25(59)16-33(27)83-56-49(75)44(70)41(67)35(18-58)85-56/h2-17,21,35-37,41-52,54-58,67-77H,18-20H2,1H3,(H5-,59,60,61,62,63,64,66)/p+1/b11-5+/t21-,35+,36+,37+,41+,42+,43+,44-,45-,46-,47-,48+,49+,50+,51+,52-,54+,55+,56+,57+/m0/s1. The summed E-state index contributed by atoms with van der Waals surface area (Å²) in [7, 11) is 0. The van der Waals surface area contributed by atoms with Gasteiger partial charge in [0.2, 0.25) is 24.6 Å². The van der Waals surface area contributed by atoms with Gasteiger partial charge in [-0.1, -0.05) is 18.2 Å². The molecular formula is C57H63O31+. The molecule has 88 heavy (non-hydrogen) atoms. The minimum atomic E-state index is -2.09. The average Bonchev–Trinajstić information content (AvgIpc) is 1.11. The van der Waals surface area contributed by atoms with E-state index in [1.807, 2.05) is 0 Å². The molecule has 0 bridgehead atoms. The zero-order valence-corrected chi connectivity index (χ0v) is 45.8. The van der Waals surface area contributed by atoms with E-state index in [1.54, 1.807) is 0 Å². The molecule has 1 aromatic heterocycles. The van der Waals surface area contributed by atoms with Crippen molar-refractivity contribution < 1.29 is 153 Å². The zero-order chi connectivity index (χ0) is 63.6. The third kappa shape index (κ3) is 14.2. The molecule has 4 aliphatic heterocycles. The van der Waals surface area contributed by atoms with Crippen molar-refractivity contribution in [2.75, 3.05) is 19.8 Å². The van der Waals surface area contributed by atoms with Crippen molar-refractivity contribution in [1.82, 2.24) is 0 Å². The molecule has 18 N–H and O–H groups in total. The van der Waals surface area contributed by atoms with Crippen molar-refractivity contribution in [2.45, 2.75) is 130 Å². The van der Waals surface area contributed by atoms with Gasteiger partial charge in [0, 0.05) is 36.4 Å². The number of rotatable bonds is 18. The van der Waals surface area contributed by atoms with Crippen molar-refractivity contribution >= 4 is 35.1 Å². The van der Waals surface area contributed by atoms with Crippen LogP contribution in [0.25, 0.3) is 34.4 Å². The van der Waals surface area contributed by atoms with E-state index in [9.17, 15) is 102 Å². The van der Waals surface area contributed by atoms with Crippen LogP contribution in [0.2, 0.25) is 0 Å². The fourth-order valence-corrected chi connectivity index (χ4v) is 9.66. The summed E-state index contributed by atoms with van der Waals surface area (Å²) in [4.78, 5) is 25.4. The molecule has 31 nitrogen and oxygen atoms in total. The highest BCUT2D eigenvalue weighted by Gasteiger charge is 2.51. The summed E-state index contributed by atoms with van der Waals surface area (Å²) in [6, 6.07) is 14.6. The molecule has 9 rings (SSSR count). The van der Waals surface area contributed by atoms with Crippen LogP contribution < -0.4 is 14.2 Å². The Kier molecular flexibility index (Phi) is 20.1. The van der Waals surface area contributed by atoms with Gasteiger partial charge in [0.1, 0.15) is 115 Å². The second-order valence-electron chi connectivity index (χ2n) is 20.8. The van der Waals surface area contributed by atoms with Gasteiger partial charge in [-0.25, -0.2) is 14.0 Å². The summed E-state index contributed by atoms with van der Waals surface area (Å²) in [5.74, 6) is -6.99. The summed E-state index contributed by atoms with van der Waals surface area (Å²) >= 11 is 0. The van der Waals surface area contributed by atoms with E-state index in [1.165, 1.54) is 61.5 Å². The number of hydrogen-bond acceptors (Lipinski definition) is 30. The van der Waals surface area contributed by atoms with Crippen LogP contribution in [0.1, 0.15) is 18.1 Å². The van der Waals surface area contributed by atoms with Gasteiger partial charge in [-0.3, -0.25) is 0 Å². The molecule has 0 radical (unpaired) electrons. The number of aromatic hydroxyl groups is 6. The Hall–Kier alpha value is -7.77. The summed E-state index contributed by atoms with van der Waals surface area (Å²) in [6.45, 7) is -0.785. The number of ether oxygens (including phenoxy) is 10. The van der Waals surface area contributed by atoms with Crippen LogP contribution in [0.5, 0.6) is 51.7 Å². The van der Waals surface area contributed by atoms with Crippen LogP contribution >= 0.6 is 0 Å². The lowest BCUT2D eigenvalue weighted by Gasteiger charge is -2.42. The van der Waals surface area contributed by atoms with Gasteiger partial charge in [0.05, 0.1) is 30.9 Å². The molecule has 0 saturated carbocycles. The molecule has 5 aromatic rings. The lowest BCUT2D eigenvalue weighted by molar-refractivity contribution is -0.319. The molecule has 4 aliphatic rings. The van der Waals surface area contributed by atoms with Crippen LogP contribution in [0.4, 0.5) is 0 Å². The number of benzene rings is 4. The summed E-state index contributed by atoms with van der Waals surface area (Å²) in [5, 5.41) is 189. The number of carbonyl (C=O) groups excluding carboxylic acids is 2. The van der Waals surface area contributed by atoms with Gasteiger partial charge in [-0.05, 0) is 54.5 Å². The highest BCUT2D eigenvalue weighted by atomic mass is 16.7. The van der Waals surface area contributed by atoms with Gasteiger partial charge >= 0.3 is 23.3 Å². The third-order valence-electron chi connectivity index (χ3n) is 14.6. The molecule has 5 heterocycles. The fourth-order valence-electron chi connectivity index (χ4n) is 9.66. The van der Waals surface area contributed by atoms with E-state index in [0.29, 0.717) is 11.1 Å². The monoisotopic (exact) mass is 1240 g/mol. The highest BCUT2D eigenvalue weighted by Crippen LogP contribution is 2.46. The van der Waals surface area contributed by atoms with E-state index >= 15 is 0 Å². The van der Waals surface area contributed by atoms with Crippen molar-refractivity contribution in [2.24, 2.45) is 0 Å². The van der Waals surface area contributed by atoms with Crippen molar-refractivity contribution in [3.63, 3.8) is 0 Å². The number of hydrogen-bond donors (Lipinski definition) is 18.